The Balaban J connectivity index is 1.71. The highest BCUT2D eigenvalue weighted by atomic mass is 32.1. The highest BCUT2D eigenvalue weighted by Crippen LogP contribution is 2.39. The van der Waals surface area contributed by atoms with Gasteiger partial charge in [-0.05, 0) is 36.6 Å². The highest BCUT2D eigenvalue weighted by molar-refractivity contribution is 7.19. The normalized spacial score (nSPS) is 10.4. The van der Waals surface area contributed by atoms with E-state index in [2.05, 4.69) is 25.9 Å². The molecular weight excluding hydrogens is 306 g/mol. The fourth-order valence-corrected chi connectivity index (χ4v) is 3.62. The van der Waals surface area contributed by atoms with E-state index < -0.39 is 0 Å². The largest absolute Gasteiger partial charge is 0.376 e. The van der Waals surface area contributed by atoms with Crippen molar-refractivity contribution in [3.63, 3.8) is 0 Å². The number of nitrogens with one attached hydrogen (secondary N) is 1. The van der Waals surface area contributed by atoms with Crippen LogP contribution in [0.25, 0.3) is 10.4 Å². The molecule has 0 radical (unpaired) electrons. The zero-order valence-electron chi connectivity index (χ0n) is 12.9. The molecular formula is C17H17N5S. The van der Waals surface area contributed by atoms with Crippen molar-refractivity contribution in [3.05, 3.63) is 54.4 Å². The number of rotatable bonds is 6. The third-order valence-electron chi connectivity index (χ3n) is 3.64. The molecule has 23 heavy (non-hydrogen) atoms. The van der Waals surface area contributed by atoms with Crippen LogP contribution in [0, 0.1) is 18.3 Å². The van der Waals surface area contributed by atoms with E-state index >= 15 is 0 Å². The van der Waals surface area contributed by atoms with E-state index in [-0.39, 0.29) is 0 Å². The molecule has 5 nitrogen and oxygen atoms in total. The maximum Gasteiger partial charge on any atom is 0.107 e. The third-order valence-corrected chi connectivity index (χ3v) is 4.94. The van der Waals surface area contributed by atoms with Gasteiger partial charge in [0, 0.05) is 42.8 Å². The van der Waals surface area contributed by atoms with E-state index in [0.29, 0.717) is 0 Å². The van der Waals surface area contributed by atoms with Crippen molar-refractivity contribution in [3.8, 4) is 16.5 Å². The number of hydrogen-bond donors (Lipinski definition) is 1. The van der Waals surface area contributed by atoms with Gasteiger partial charge < -0.3 is 9.88 Å². The molecule has 0 atom stereocenters. The molecule has 0 aliphatic heterocycles. The first-order valence-corrected chi connectivity index (χ1v) is 8.24. The van der Waals surface area contributed by atoms with Gasteiger partial charge in [0.05, 0.1) is 11.9 Å². The van der Waals surface area contributed by atoms with Gasteiger partial charge in [-0.25, -0.2) is 4.98 Å². The first-order chi connectivity index (χ1) is 11.3. The molecule has 0 bridgehead atoms. The quantitative estimate of drug-likeness (QED) is 0.703. The number of pyridine rings is 1. The molecule has 0 unspecified atom stereocenters. The fourth-order valence-electron chi connectivity index (χ4n) is 2.43. The van der Waals surface area contributed by atoms with Crippen LogP contribution < -0.4 is 5.32 Å². The molecule has 0 aliphatic carbocycles. The Morgan fingerprint density at radius 2 is 2.09 bits per heavy atom. The summed E-state index contributed by atoms with van der Waals surface area (Å²) in [7, 11) is 0. The van der Waals surface area contributed by atoms with Crippen LogP contribution in [-0.4, -0.2) is 21.1 Å². The number of hydrogen-bond acceptors (Lipinski definition) is 5. The lowest BCUT2D eigenvalue weighted by Crippen LogP contribution is -2.05. The van der Waals surface area contributed by atoms with E-state index in [4.69, 9.17) is 0 Å². The van der Waals surface area contributed by atoms with Gasteiger partial charge in [0.15, 0.2) is 0 Å². The topological polar surface area (TPSA) is 66.5 Å². The van der Waals surface area contributed by atoms with Crippen LogP contribution in [0.4, 0.5) is 5.00 Å². The van der Waals surface area contributed by atoms with E-state index in [9.17, 15) is 5.26 Å². The lowest BCUT2D eigenvalue weighted by Gasteiger charge is -2.05. The predicted molar refractivity (Wildman–Crippen MR) is 92.3 cm³/mol. The first kappa shape index (κ1) is 15.3. The Morgan fingerprint density at radius 1 is 1.26 bits per heavy atom. The Bertz CT molecular complexity index is 800. The van der Waals surface area contributed by atoms with Crippen LogP contribution in [0.1, 0.15) is 17.5 Å². The number of anilines is 1. The van der Waals surface area contributed by atoms with Crippen molar-refractivity contribution in [2.45, 2.75) is 19.9 Å². The summed E-state index contributed by atoms with van der Waals surface area (Å²) in [5.74, 6) is 0. The SMILES string of the molecule is Cc1c(-c2ccncc2)sc(NCCCn2ccnc2)c1C#N. The minimum Gasteiger partial charge on any atom is -0.376 e. The van der Waals surface area contributed by atoms with E-state index in [1.165, 1.54) is 0 Å². The van der Waals surface area contributed by atoms with Crippen LogP contribution >= 0.6 is 11.3 Å². The van der Waals surface area contributed by atoms with Gasteiger partial charge in [-0.15, -0.1) is 11.3 Å². The Labute approximate surface area is 139 Å². The zero-order valence-corrected chi connectivity index (χ0v) is 13.7. The standard InChI is InChI=1S/C17H17N5S/c1-13-15(11-18)17(21-5-2-9-22-10-8-20-12-22)23-16(13)14-3-6-19-7-4-14/h3-4,6-8,10,12,21H,2,5,9H2,1H3. The van der Waals surface area contributed by atoms with Crippen molar-refractivity contribution in [2.24, 2.45) is 0 Å². The minimum atomic E-state index is 0.740. The Hall–Kier alpha value is -2.65. The van der Waals surface area contributed by atoms with Crippen LogP contribution in [0.15, 0.2) is 43.2 Å². The molecule has 0 fully saturated rings. The predicted octanol–water partition coefficient (Wildman–Crippen LogP) is 3.69. The number of thiophene rings is 1. The second kappa shape index (κ2) is 7.07. The summed E-state index contributed by atoms with van der Waals surface area (Å²) in [5.41, 5.74) is 2.87. The van der Waals surface area contributed by atoms with Crippen molar-refractivity contribution in [1.29, 1.82) is 5.26 Å². The van der Waals surface area contributed by atoms with Gasteiger partial charge in [-0.1, -0.05) is 0 Å². The molecule has 1 N–H and O–H groups in total. The van der Waals surface area contributed by atoms with Gasteiger partial charge in [0.2, 0.25) is 0 Å². The number of aromatic nitrogens is 3. The molecule has 3 aromatic rings. The third kappa shape index (κ3) is 3.41. The molecule has 3 aromatic heterocycles. The van der Waals surface area contributed by atoms with Crippen LogP contribution in [-0.2, 0) is 6.54 Å². The minimum absolute atomic E-state index is 0.740. The summed E-state index contributed by atoms with van der Waals surface area (Å²) in [5, 5.41) is 13.8. The van der Waals surface area contributed by atoms with E-state index in [1.54, 1.807) is 29.9 Å². The van der Waals surface area contributed by atoms with Crippen molar-refractivity contribution in [1.82, 2.24) is 14.5 Å². The van der Waals surface area contributed by atoms with Crippen molar-refractivity contribution in [2.75, 3.05) is 11.9 Å². The van der Waals surface area contributed by atoms with Crippen LogP contribution in [0.3, 0.4) is 0 Å². The molecule has 0 aliphatic rings. The second-order valence-corrected chi connectivity index (χ2v) is 6.21. The van der Waals surface area contributed by atoms with Gasteiger partial charge >= 0.3 is 0 Å². The van der Waals surface area contributed by atoms with E-state index in [0.717, 1.165) is 46.1 Å². The summed E-state index contributed by atoms with van der Waals surface area (Å²) in [6, 6.07) is 6.28. The maximum absolute atomic E-state index is 9.46. The molecule has 116 valence electrons. The van der Waals surface area contributed by atoms with Crippen molar-refractivity contribution < 1.29 is 0 Å². The first-order valence-electron chi connectivity index (χ1n) is 7.43. The van der Waals surface area contributed by atoms with Gasteiger partial charge in [-0.2, -0.15) is 5.26 Å². The Kier molecular flexibility index (Phi) is 4.69. The van der Waals surface area contributed by atoms with Gasteiger partial charge in [0.25, 0.3) is 0 Å². The molecule has 0 amide bonds. The summed E-state index contributed by atoms with van der Waals surface area (Å²) in [6.07, 6.45) is 10.1. The van der Waals surface area contributed by atoms with E-state index in [1.807, 2.05) is 31.6 Å². The fraction of sp³-hybridized carbons (Fsp3) is 0.235. The highest BCUT2D eigenvalue weighted by Gasteiger charge is 2.15. The lowest BCUT2D eigenvalue weighted by molar-refractivity contribution is 0.661. The van der Waals surface area contributed by atoms with Crippen LogP contribution in [0.2, 0.25) is 0 Å². The molecule has 3 heterocycles. The number of imidazole rings is 1. The average Bonchev–Trinajstić information content (AvgIpc) is 3.20. The zero-order chi connectivity index (χ0) is 16.1. The number of nitrogens with zero attached hydrogens (tertiary/aromatic N) is 4. The molecule has 6 heteroatoms. The van der Waals surface area contributed by atoms with Crippen LogP contribution in [0.5, 0.6) is 0 Å². The number of aryl methyl sites for hydroxylation is 1. The van der Waals surface area contributed by atoms with Gasteiger partial charge in [0.1, 0.15) is 11.1 Å². The average molecular weight is 323 g/mol. The summed E-state index contributed by atoms with van der Waals surface area (Å²) in [6.45, 7) is 3.74. The second-order valence-electron chi connectivity index (χ2n) is 5.19. The number of nitriles is 1. The summed E-state index contributed by atoms with van der Waals surface area (Å²) < 4.78 is 2.05. The van der Waals surface area contributed by atoms with Crippen molar-refractivity contribution >= 4 is 16.3 Å². The van der Waals surface area contributed by atoms with Gasteiger partial charge in [-0.3, -0.25) is 4.98 Å². The molecule has 0 saturated carbocycles. The smallest absolute Gasteiger partial charge is 0.107 e. The summed E-state index contributed by atoms with van der Waals surface area (Å²) >= 11 is 1.63. The summed E-state index contributed by atoms with van der Waals surface area (Å²) in [4.78, 5) is 9.21. The Morgan fingerprint density at radius 3 is 2.78 bits per heavy atom. The molecule has 3 rings (SSSR count). The molecule has 0 saturated heterocycles. The molecule has 0 spiro atoms. The maximum atomic E-state index is 9.46. The monoisotopic (exact) mass is 323 g/mol. The lowest BCUT2D eigenvalue weighted by atomic mass is 10.1. The molecule has 0 aromatic carbocycles.